The minimum atomic E-state index is -3.40. The van der Waals surface area contributed by atoms with Crippen LogP contribution in [0.3, 0.4) is 0 Å². The van der Waals surface area contributed by atoms with Crippen LogP contribution >= 0.6 is 24.2 Å². The third-order valence-corrected chi connectivity index (χ3v) is 6.21. The number of benzene rings is 1. The highest BCUT2D eigenvalue weighted by atomic mass is 35.5. The monoisotopic (exact) mass is 350 g/mol. The Bertz CT molecular complexity index is 546. The van der Waals surface area contributed by atoms with E-state index < -0.39 is 10.0 Å². The van der Waals surface area contributed by atoms with Crippen molar-refractivity contribution in [3.8, 4) is 0 Å². The molecule has 1 saturated heterocycles. The van der Waals surface area contributed by atoms with Gasteiger partial charge in [0.25, 0.3) is 0 Å². The molecule has 1 aromatic carbocycles. The van der Waals surface area contributed by atoms with Gasteiger partial charge in [-0.05, 0) is 43.8 Å². The van der Waals surface area contributed by atoms with Crippen LogP contribution in [-0.2, 0) is 10.0 Å². The van der Waals surface area contributed by atoms with Gasteiger partial charge in [-0.25, -0.2) is 8.42 Å². The third-order valence-electron chi connectivity index (χ3n) is 3.53. The van der Waals surface area contributed by atoms with Gasteiger partial charge in [0.1, 0.15) is 0 Å². The number of nitrogens with one attached hydrogen (secondary N) is 1. The van der Waals surface area contributed by atoms with Crippen LogP contribution in [0.2, 0.25) is 0 Å². The lowest BCUT2D eigenvalue weighted by molar-refractivity contribution is 0.335. The van der Waals surface area contributed by atoms with Crippen LogP contribution in [0.15, 0.2) is 34.1 Å². The molecule has 1 unspecified atom stereocenters. The number of nitrogens with zero attached hydrogens (tertiary/aromatic N) is 1. The lowest BCUT2D eigenvalue weighted by Gasteiger charge is -2.27. The molecule has 0 aromatic heterocycles. The highest BCUT2D eigenvalue weighted by Crippen LogP contribution is 2.25. The van der Waals surface area contributed by atoms with Crippen molar-refractivity contribution in [2.45, 2.75) is 35.6 Å². The van der Waals surface area contributed by atoms with E-state index in [2.05, 4.69) is 5.32 Å². The van der Waals surface area contributed by atoms with Crippen LogP contribution in [0.5, 0.6) is 0 Å². The summed E-state index contributed by atoms with van der Waals surface area (Å²) in [5, 5.41) is 3.25. The molecular weight excluding hydrogens is 328 g/mol. The molecule has 1 atom stereocenters. The van der Waals surface area contributed by atoms with Gasteiger partial charge in [-0.3, -0.25) is 0 Å². The van der Waals surface area contributed by atoms with Crippen molar-refractivity contribution in [2.24, 2.45) is 0 Å². The van der Waals surface area contributed by atoms with E-state index in [4.69, 9.17) is 0 Å². The number of hydrogen-bond donors (Lipinski definition) is 1. The van der Waals surface area contributed by atoms with E-state index in [0.29, 0.717) is 11.4 Å². The first kappa shape index (κ1) is 18.8. The van der Waals surface area contributed by atoms with Crippen molar-refractivity contribution >= 4 is 34.2 Å². The summed E-state index contributed by atoms with van der Waals surface area (Å²) in [4.78, 5) is 1.39. The Labute approximate surface area is 138 Å². The van der Waals surface area contributed by atoms with Crippen LogP contribution in [0, 0.1) is 0 Å². The maximum atomic E-state index is 12.9. The molecule has 7 heteroatoms. The van der Waals surface area contributed by atoms with Crippen molar-refractivity contribution in [3.63, 3.8) is 0 Å². The minimum absolute atomic E-state index is 0. The van der Waals surface area contributed by atoms with E-state index in [1.807, 2.05) is 25.3 Å². The van der Waals surface area contributed by atoms with Crippen molar-refractivity contribution < 1.29 is 8.42 Å². The minimum Gasteiger partial charge on any atom is -0.315 e. The second-order valence-electron chi connectivity index (χ2n) is 4.94. The molecule has 0 radical (unpaired) electrons. The summed E-state index contributed by atoms with van der Waals surface area (Å²) in [6, 6.07) is 7.30. The molecule has 21 heavy (non-hydrogen) atoms. The topological polar surface area (TPSA) is 49.4 Å². The molecule has 1 aliphatic rings. The van der Waals surface area contributed by atoms with Gasteiger partial charge in [0.2, 0.25) is 10.0 Å². The summed E-state index contributed by atoms with van der Waals surface area (Å²) in [5.74, 6) is 0. The van der Waals surface area contributed by atoms with E-state index in [1.165, 1.54) is 0 Å². The van der Waals surface area contributed by atoms with Gasteiger partial charge in [0, 0.05) is 24.0 Å². The lowest BCUT2D eigenvalue weighted by atomic mass is 10.2. The fraction of sp³-hybridized carbons (Fsp3) is 0.571. The van der Waals surface area contributed by atoms with E-state index in [9.17, 15) is 8.42 Å². The molecule has 1 heterocycles. The van der Waals surface area contributed by atoms with Crippen LogP contribution in [-0.4, -0.2) is 44.7 Å². The molecule has 0 saturated carbocycles. The van der Waals surface area contributed by atoms with Crippen LogP contribution in [0.4, 0.5) is 0 Å². The van der Waals surface area contributed by atoms with E-state index in [0.717, 1.165) is 30.8 Å². The number of hydrogen-bond acceptors (Lipinski definition) is 4. The van der Waals surface area contributed by atoms with Gasteiger partial charge < -0.3 is 5.32 Å². The summed E-state index contributed by atoms with van der Waals surface area (Å²) >= 11 is 1.56. The standard InChI is InChI=1S/C14H22N2O2S2.ClH/c1-3-9-16(12-7-8-15-11-12)20(17,18)14-6-4-5-13(10-14)19-2;/h4-6,10,12,15H,3,7-9,11H2,1-2H3;1H. The zero-order valence-electron chi connectivity index (χ0n) is 12.4. The maximum Gasteiger partial charge on any atom is 0.243 e. The SMILES string of the molecule is CCCN(C1CCNC1)S(=O)(=O)c1cccc(SC)c1.Cl. The first-order chi connectivity index (χ1) is 9.59. The van der Waals surface area contributed by atoms with Crippen molar-refractivity contribution in [1.82, 2.24) is 9.62 Å². The average molecular weight is 351 g/mol. The van der Waals surface area contributed by atoms with Gasteiger partial charge in [-0.15, -0.1) is 24.2 Å². The molecule has 120 valence electrons. The second kappa shape index (κ2) is 8.39. The Hall–Kier alpha value is -0.270. The van der Waals surface area contributed by atoms with Gasteiger partial charge in [0.05, 0.1) is 4.90 Å². The van der Waals surface area contributed by atoms with Gasteiger partial charge in [-0.1, -0.05) is 13.0 Å². The Morgan fingerprint density at radius 3 is 2.76 bits per heavy atom. The van der Waals surface area contributed by atoms with E-state index in [1.54, 1.807) is 28.2 Å². The smallest absolute Gasteiger partial charge is 0.243 e. The molecule has 2 rings (SSSR count). The fourth-order valence-electron chi connectivity index (χ4n) is 2.50. The summed E-state index contributed by atoms with van der Waals surface area (Å²) in [7, 11) is -3.40. The third kappa shape index (κ3) is 4.36. The quantitative estimate of drug-likeness (QED) is 0.801. The van der Waals surface area contributed by atoms with Gasteiger partial charge in [0.15, 0.2) is 0 Å². The Balaban J connectivity index is 0.00000220. The van der Waals surface area contributed by atoms with E-state index in [-0.39, 0.29) is 18.4 Å². The summed E-state index contributed by atoms with van der Waals surface area (Å²) in [6.45, 7) is 4.24. The molecule has 4 nitrogen and oxygen atoms in total. The molecule has 1 N–H and O–H groups in total. The first-order valence-electron chi connectivity index (χ1n) is 6.96. The average Bonchev–Trinajstić information content (AvgIpc) is 2.98. The Morgan fingerprint density at radius 2 is 2.19 bits per heavy atom. The molecule has 1 fully saturated rings. The van der Waals surface area contributed by atoms with Gasteiger partial charge in [-0.2, -0.15) is 4.31 Å². The lowest BCUT2D eigenvalue weighted by Crippen LogP contribution is -2.41. The predicted molar refractivity (Wildman–Crippen MR) is 90.9 cm³/mol. The van der Waals surface area contributed by atoms with Gasteiger partial charge >= 0.3 is 0 Å². The van der Waals surface area contributed by atoms with Crippen molar-refractivity contribution in [2.75, 3.05) is 25.9 Å². The molecule has 0 aliphatic carbocycles. The highest BCUT2D eigenvalue weighted by Gasteiger charge is 2.32. The molecule has 0 bridgehead atoms. The van der Waals surface area contributed by atoms with Crippen molar-refractivity contribution in [1.29, 1.82) is 0 Å². The zero-order chi connectivity index (χ0) is 14.6. The summed E-state index contributed by atoms with van der Waals surface area (Å²) in [6.07, 6.45) is 3.68. The second-order valence-corrected chi connectivity index (χ2v) is 7.71. The largest absolute Gasteiger partial charge is 0.315 e. The molecule has 0 spiro atoms. The van der Waals surface area contributed by atoms with Crippen LogP contribution < -0.4 is 5.32 Å². The van der Waals surface area contributed by atoms with Crippen LogP contribution in [0.1, 0.15) is 19.8 Å². The number of thioether (sulfide) groups is 1. The number of halogens is 1. The zero-order valence-corrected chi connectivity index (χ0v) is 14.9. The van der Waals surface area contributed by atoms with Crippen molar-refractivity contribution in [3.05, 3.63) is 24.3 Å². The normalized spacial score (nSPS) is 18.7. The predicted octanol–water partition coefficient (Wildman–Crippen LogP) is 2.59. The highest BCUT2D eigenvalue weighted by molar-refractivity contribution is 7.98. The van der Waals surface area contributed by atoms with E-state index >= 15 is 0 Å². The summed E-state index contributed by atoms with van der Waals surface area (Å²) in [5.41, 5.74) is 0. The number of sulfonamides is 1. The van der Waals surface area contributed by atoms with Crippen LogP contribution in [0.25, 0.3) is 0 Å². The molecule has 0 amide bonds. The molecule has 1 aliphatic heterocycles. The Kier molecular flexibility index (Phi) is 7.50. The number of rotatable bonds is 6. The fourth-order valence-corrected chi connectivity index (χ4v) is 4.83. The summed E-state index contributed by atoms with van der Waals surface area (Å²) < 4.78 is 27.4. The first-order valence-corrected chi connectivity index (χ1v) is 9.62. The molecule has 1 aromatic rings. The Morgan fingerprint density at radius 1 is 1.43 bits per heavy atom. The molecular formula is C14H23ClN2O2S2. The maximum absolute atomic E-state index is 12.9.